The molecule has 0 aromatic heterocycles. The third kappa shape index (κ3) is 4.33. The van der Waals surface area contributed by atoms with Crippen LogP contribution in [-0.2, 0) is 4.74 Å². The molecule has 0 radical (unpaired) electrons. The number of nitrogens with one attached hydrogen (secondary N) is 1. The second kappa shape index (κ2) is 7.93. The Bertz CT molecular complexity index is 359. The normalized spacial score (nSPS) is 28.1. The van der Waals surface area contributed by atoms with Crippen LogP contribution in [0.4, 0.5) is 0 Å². The van der Waals surface area contributed by atoms with Crippen LogP contribution in [0.2, 0.25) is 0 Å². The van der Waals surface area contributed by atoms with Crippen LogP contribution in [0.15, 0.2) is 0 Å². The number of piperidine rings is 1. The van der Waals surface area contributed by atoms with Gasteiger partial charge in [0, 0.05) is 25.2 Å². The molecule has 2 saturated heterocycles. The van der Waals surface area contributed by atoms with E-state index >= 15 is 0 Å². The van der Waals surface area contributed by atoms with E-state index in [0.29, 0.717) is 18.2 Å². The average molecular weight is 326 g/mol. The van der Waals surface area contributed by atoms with Crippen molar-refractivity contribution in [2.45, 2.75) is 69.6 Å². The lowest BCUT2D eigenvalue weighted by Gasteiger charge is -2.40. The molecule has 1 aliphatic carbocycles. The number of hydrogen-bond acceptors (Lipinski definition) is 3. The summed E-state index contributed by atoms with van der Waals surface area (Å²) in [4.78, 5) is 4.89. The molecule has 5 heteroatoms. The monoisotopic (exact) mass is 325 g/mol. The zero-order valence-corrected chi connectivity index (χ0v) is 14.7. The van der Waals surface area contributed by atoms with Crippen molar-refractivity contribution < 1.29 is 4.74 Å². The summed E-state index contributed by atoms with van der Waals surface area (Å²) in [6.45, 7) is 4.26. The summed E-state index contributed by atoms with van der Waals surface area (Å²) in [7, 11) is 2.22. The van der Waals surface area contributed by atoms with E-state index in [2.05, 4.69) is 22.2 Å². The third-order valence-corrected chi connectivity index (χ3v) is 5.85. The third-order valence-electron chi connectivity index (χ3n) is 5.50. The molecule has 4 nitrogen and oxygen atoms in total. The highest BCUT2D eigenvalue weighted by molar-refractivity contribution is 7.80. The number of likely N-dealkylation sites (tertiary alicyclic amines) is 1. The van der Waals surface area contributed by atoms with E-state index in [1.54, 1.807) is 0 Å². The molecule has 2 heterocycles. The van der Waals surface area contributed by atoms with Crippen LogP contribution in [0.5, 0.6) is 0 Å². The van der Waals surface area contributed by atoms with Gasteiger partial charge in [0.2, 0.25) is 0 Å². The minimum atomic E-state index is 0.378. The van der Waals surface area contributed by atoms with Crippen LogP contribution in [-0.4, -0.2) is 66.4 Å². The molecule has 2 aliphatic heterocycles. The molecular weight excluding hydrogens is 294 g/mol. The second-order valence-corrected chi connectivity index (χ2v) is 7.64. The topological polar surface area (TPSA) is 27.7 Å². The number of thiocarbonyl (C=S) groups is 1. The van der Waals surface area contributed by atoms with Crippen LogP contribution in [0.25, 0.3) is 0 Å². The Labute approximate surface area is 140 Å². The predicted molar refractivity (Wildman–Crippen MR) is 94.2 cm³/mol. The first kappa shape index (κ1) is 16.5. The van der Waals surface area contributed by atoms with Gasteiger partial charge in [0.05, 0.1) is 6.10 Å². The zero-order chi connectivity index (χ0) is 15.4. The van der Waals surface area contributed by atoms with E-state index in [9.17, 15) is 0 Å². The Morgan fingerprint density at radius 2 is 1.86 bits per heavy atom. The van der Waals surface area contributed by atoms with Crippen molar-refractivity contribution in [3.05, 3.63) is 0 Å². The molecule has 1 atom stereocenters. The van der Waals surface area contributed by atoms with Gasteiger partial charge >= 0.3 is 0 Å². The molecule has 0 aromatic rings. The quantitative estimate of drug-likeness (QED) is 0.801. The lowest BCUT2D eigenvalue weighted by Crippen LogP contribution is -2.53. The molecule has 0 spiro atoms. The molecule has 1 saturated carbocycles. The van der Waals surface area contributed by atoms with Crippen LogP contribution >= 0.6 is 12.2 Å². The van der Waals surface area contributed by atoms with E-state index in [1.165, 1.54) is 64.5 Å². The smallest absolute Gasteiger partial charge is 0.169 e. The maximum absolute atomic E-state index is 5.88. The maximum atomic E-state index is 5.88. The van der Waals surface area contributed by atoms with Gasteiger partial charge in [0.15, 0.2) is 5.11 Å². The molecular formula is C17H31N3OS. The fourth-order valence-electron chi connectivity index (χ4n) is 4.04. The van der Waals surface area contributed by atoms with Gasteiger partial charge in [0.25, 0.3) is 0 Å². The fraction of sp³-hybridized carbons (Fsp3) is 0.941. The zero-order valence-electron chi connectivity index (χ0n) is 13.9. The Morgan fingerprint density at radius 1 is 1.14 bits per heavy atom. The maximum Gasteiger partial charge on any atom is 0.169 e. The summed E-state index contributed by atoms with van der Waals surface area (Å²) in [5.74, 6) is 0. The SMILES string of the molecule is CN1CCC(N(CC2CCCO2)C(=S)NC2CCCC2)CC1. The number of hydrogen-bond donors (Lipinski definition) is 1. The molecule has 1 unspecified atom stereocenters. The highest BCUT2D eigenvalue weighted by atomic mass is 32.1. The van der Waals surface area contributed by atoms with E-state index in [0.717, 1.165) is 18.3 Å². The summed E-state index contributed by atoms with van der Waals surface area (Å²) >= 11 is 5.80. The Hall–Kier alpha value is -0.390. The standard InChI is InChI=1S/C17H31N3OS/c1-19-10-8-15(9-11-19)20(13-16-7-4-12-21-16)17(22)18-14-5-2-3-6-14/h14-16H,2-13H2,1H3,(H,18,22). The van der Waals surface area contributed by atoms with Crippen molar-refractivity contribution in [1.29, 1.82) is 0 Å². The highest BCUT2D eigenvalue weighted by Gasteiger charge is 2.30. The summed E-state index contributed by atoms with van der Waals surface area (Å²) in [5, 5.41) is 4.63. The van der Waals surface area contributed by atoms with Crippen molar-refractivity contribution in [2.24, 2.45) is 0 Å². The predicted octanol–water partition coefficient (Wildman–Crippen LogP) is 2.38. The van der Waals surface area contributed by atoms with Gasteiger partial charge in [-0.3, -0.25) is 0 Å². The van der Waals surface area contributed by atoms with Crippen LogP contribution in [0.1, 0.15) is 51.4 Å². The van der Waals surface area contributed by atoms with Gasteiger partial charge in [-0.15, -0.1) is 0 Å². The second-order valence-electron chi connectivity index (χ2n) is 7.25. The molecule has 0 amide bonds. The molecule has 3 fully saturated rings. The summed E-state index contributed by atoms with van der Waals surface area (Å²) in [6.07, 6.45) is 10.5. The average Bonchev–Trinajstić information content (AvgIpc) is 3.19. The van der Waals surface area contributed by atoms with Crippen LogP contribution < -0.4 is 5.32 Å². The minimum Gasteiger partial charge on any atom is -0.376 e. The summed E-state index contributed by atoms with van der Waals surface area (Å²) in [6, 6.07) is 1.19. The van der Waals surface area contributed by atoms with Crippen LogP contribution in [0, 0.1) is 0 Å². The van der Waals surface area contributed by atoms with Gasteiger partial charge < -0.3 is 19.9 Å². The van der Waals surface area contributed by atoms with E-state index < -0.39 is 0 Å². The first-order chi connectivity index (χ1) is 10.7. The Morgan fingerprint density at radius 3 is 2.50 bits per heavy atom. The molecule has 1 N–H and O–H groups in total. The van der Waals surface area contributed by atoms with Crippen molar-refractivity contribution in [3.63, 3.8) is 0 Å². The lowest BCUT2D eigenvalue weighted by atomic mass is 10.0. The van der Waals surface area contributed by atoms with Crippen LogP contribution in [0.3, 0.4) is 0 Å². The molecule has 0 aromatic carbocycles. The van der Waals surface area contributed by atoms with Crippen molar-refractivity contribution >= 4 is 17.3 Å². The molecule has 3 rings (SSSR count). The largest absolute Gasteiger partial charge is 0.376 e. The van der Waals surface area contributed by atoms with Gasteiger partial charge in [-0.1, -0.05) is 12.8 Å². The lowest BCUT2D eigenvalue weighted by molar-refractivity contribution is 0.0709. The number of nitrogens with zero attached hydrogens (tertiary/aromatic N) is 2. The molecule has 22 heavy (non-hydrogen) atoms. The van der Waals surface area contributed by atoms with Crippen molar-refractivity contribution in [1.82, 2.24) is 15.1 Å². The van der Waals surface area contributed by atoms with E-state index in [4.69, 9.17) is 17.0 Å². The van der Waals surface area contributed by atoms with E-state index in [-0.39, 0.29) is 0 Å². The molecule has 3 aliphatic rings. The van der Waals surface area contributed by atoms with E-state index in [1.807, 2.05) is 0 Å². The van der Waals surface area contributed by atoms with Gasteiger partial charge in [-0.25, -0.2) is 0 Å². The first-order valence-electron chi connectivity index (χ1n) is 9.09. The number of rotatable bonds is 4. The minimum absolute atomic E-state index is 0.378. The molecule has 0 bridgehead atoms. The Balaban J connectivity index is 1.60. The number of ether oxygens (including phenoxy) is 1. The summed E-state index contributed by atoms with van der Waals surface area (Å²) < 4.78 is 5.88. The highest BCUT2D eigenvalue weighted by Crippen LogP contribution is 2.22. The first-order valence-corrected chi connectivity index (χ1v) is 9.50. The summed E-state index contributed by atoms with van der Waals surface area (Å²) in [5.41, 5.74) is 0. The Kier molecular flexibility index (Phi) is 5.94. The fourth-order valence-corrected chi connectivity index (χ4v) is 4.43. The van der Waals surface area contributed by atoms with Crippen molar-refractivity contribution in [3.8, 4) is 0 Å². The van der Waals surface area contributed by atoms with Gasteiger partial charge in [-0.2, -0.15) is 0 Å². The van der Waals surface area contributed by atoms with Crippen molar-refractivity contribution in [2.75, 3.05) is 33.3 Å². The molecule has 126 valence electrons. The van der Waals surface area contributed by atoms with Gasteiger partial charge in [0.1, 0.15) is 0 Å². The van der Waals surface area contributed by atoms with Gasteiger partial charge in [-0.05, 0) is 70.9 Å².